The highest BCUT2D eigenvalue weighted by molar-refractivity contribution is 5.94. The van der Waals surface area contributed by atoms with E-state index in [9.17, 15) is 13.6 Å². The van der Waals surface area contributed by atoms with E-state index in [0.717, 1.165) is 12.1 Å². The number of nitrogens with two attached hydrogens (primary N) is 1. The molecule has 1 aromatic rings. The van der Waals surface area contributed by atoms with E-state index in [1.54, 1.807) is 0 Å². The Labute approximate surface area is 117 Å². The van der Waals surface area contributed by atoms with Gasteiger partial charge >= 0.3 is 0 Å². The smallest absolute Gasteiger partial charge is 0.251 e. The molecule has 0 saturated carbocycles. The molecular formula is C14H21F2N3O. The van der Waals surface area contributed by atoms with E-state index >= 15 is 0 Å². The lowest BCUT2D eigenvalue weighted by molar-refractivity contribution is 0.0936. The van der Waals surface area contributed by atoms with Crippen LogP contribution < -0.4 is 16.6 Å². The summed E-state index contributed by atoms with van der Waals surface area (Å²) in [6.45, 7) is 8.62. The Hall–Kier alpha value is -1.69. The summed E-state index contributed by atoms with van der Waals surface area (Å²) < 4.78 is 27.0. The minimum absolute atomic E-state index is 0.0388. The van der Waals surface area contributed by atoms with Crippen LogP contribution in [-0.4, -0.2) is 12.5 Å². The van der Waals surface area contributed by atoms with Gasteiger partial charge in [-0.3, -0.25) is 10.6 Å². The first-order valence-electron chi connectivity index (χ1n) is 6.40. The van der Waals surface area contributed by atoms with Crippen LogP contribution in [0.25, 0.3) is 0 Å². The first kappa shape index (κ1) is 16.4. The molecule has 1 atom stereocenters. The zero-order valence-electron chi connectivity index (χ0n) is 12.2. The molecular weight excluding hydrogens is 264 g/mol. The van der Waals surface area contributed by atoms with E-state index < -0.39 is 23.2 Å². The summed E-state index contributed by atoms with van der Waals surface area (Å²) in [6.07, 6.45) is 0. The van der Waals surface area contributed by atoms with Crippen molar-refractivity contribution >= 4 is 11.6 Å². The summed E-state index contributed by atoms with van der Waals surface area (Å²) in [6, 6.07) is 1.91. The molecule has 0 aliphatic heterocycles. The van der Waals surface area contributed by atoms with Crippen molar-refractivity contribution in [3.05, 3.63) is 29.3 Å². The molecule has 0 aliphatic carbocycles. The topological polar surface area (TPSA) is 67.2 Å². The number of halogens is 2. The normalized spacial score (nSPS) is 12.9. The molecule has 0 radical (unpaired) electrons. The van der Waals surface area contributed by atoms with Crippen molar-refractivity contribution in [3.63, 3.8) is 0 Å². The van der Waals surface area contributed by atoms with Gasteiger partial charge in [-0.2, -0.15) is 0 Å². The van der Waals surface area contributed by atoms with Crippen molar-refractivity contribution in [1.29, 1.82) is 0 Å². The zero-order valence-corrected chi connectivity index (χ0v) is 12.2. The molecule has 0 fully saturated rings. The van der Waals surface area contributed by atoms with Gasteiger partial charge in [-0.15, -0.1) is 0 Å². The van der Waals surface area contributed by atoms with Gasteiger partial charge in [0.05, 0.1) is 0 Å². The summed E-state index contributed by atoms with van der Waals surface area (Å²) in [4.78, 5) is 11.9. The summed E-state index contributed by atoms with van der Waals surface area (Å²) in [5.74, 6) is 2.91. The van der Waals surface area contributed by atoms with E-state index in [-0.39, 0.29) is 16.9 Å². The molecule has 1 aromatic carbocycles. The third-order valence-corrected chi connectivity index (χ3v) is 3.50. The molecule has 0 bridgehead atoms. The van der Waals surface area contributed by atoms with Crippen molar-refractivity contribution in [3.8, 4) is 0 Å². The highest BCUT2D eigenvalue weighted by Gasteiger charge is 2.21. The number of nitrogen functional groups attached to an aromatic ring is 1. The molecule has 1 amide bonds. The van der Waals surface area contributed by atoms with Crippen LogP contribution in [0.2, 0.25) is 0 Å². The number of rotatable bonds is 4. The number of carbonyl (C=O) groups is 1. The van der Waals surface area contributed by atoms with Crippen molar-refractivity contribution in [1.82, 2.24) is 5.32 Å². The highest BCUT2D eigenvalue weighted by Crippen LogP contribution is 2.24. The lowest BCUT2D eigenvalue weighted by Gasteiger charge is -2.27. The fraction of sp³-hybridized carbons (Fsp3) is 0.500. The second-order valence-electron chi connectivity index (χ2n) is 5.94. The molecule has 4 nitrogen and oxygen atoms in total. The van der Waals surface area contributed by atoms with Gasteiger partial charge in [0.2, 0.25) is 0 Å². The number of nitrogens with one attached hydrogen (secondary N) is 2. The number of carbonyl (C=O) groups excluding carboxylic acids is 1. The summed E-state index contributed by atoms with van der Waals surface area (Å²) in [7, 11) is 0. The minimum atomic E-state index is -0.901. The molecule has 112 valence electrons. The van der Waals surface area contributed by atoms with Gasteiger partial charge < -0.3 is 10.7 Å². The average Bonchev–Trinajstić information content (AvgIpc) is 2.33. The van der Waals surface area contributed by atoms with Gasteiger partial charge in [-0.05, 0) is 23.5 Å². The second kappa shape index (κ2) is 6.17. The Morgan fingerprint density at radius 3 is 2.20 bits per heavy atom. The van der Waals surface area contributed by atoms with E-state index in [0.29, 0.717) is 6.54 Å². The van der Waals surface area contributed by atoms with E-state index in [2.05, 4.69) is 26.1 Å². The third-order valence-electron chi connectivity index (χ3n) is 3.50. The molecule has 20 heavy (non-hydrogen) atoms. The average molecular weight is 285 g/mol. The van der Waals surface area contributed by atoms with Gasteiger partial charge in [-0.25, -0.2) is 8.78 Å². The third kappa shape index (κ3) is 3.90. The molecule has 1 rings (SSSR count). The van der Waals surface area contributed by atoms with E-state index in [4.69, 9.17) is 5.84 Å². The van der Waals surface area contributed by atoms with Crippen LogP contribution >= 0.6 is 0 Å². The lowest BCUT2D eigenvalue weighted by atomic mass is 9.82. The van der Waals surface area contributed by atoms with Crippen LogP contribution in [-0.2, 0) is 0 Å². The van der Waals surface area contributed by atoms with Crippen LogP contribution in [0.15, 0.2) is 12.1 Å². The van der Waals surface area contributed by atoms with E-state index in [1.165, 1.54) is 0 Å². The molecule has 0 aromatic heterocycles. The maximum atomic E-state index is 13.5. The van der Waals surface area contributed by atoms with Crippen LogP contribution in [0, 0.1) is 23.0 Å². The quantitative estimate of drug-likeness (QED) is 0.588. The molecule has 4 N–H and O–H groups in total. The molecule has 1 unspecified atom stereocenters. The largest absolute Gasteiger partial charge is 0.352 e. The maximum absolute atomic E-state index is 13.5. The lowest BCUT2D eigenvalue weighted by Crippen LogP contribution is -2.33. The molecule has 6 heteroatoms. The number of amides is 1. The number of hydrazine groups is 1. The van der Waals surface area contributed by atoms with Gasteiger partial charge in [-0.1, -0.05) is 27.7 Å². The predicted octanol–water partition coefficient (Wildman–Crippen LogP) is 2.66. The molecule has 0 saturated heterocycles. The Morgan fingerprint density at radius 1 is 1.30 bits per heavy atom. The monoisotopic (exact) mass is 285 g/mol. The summed E-state index contributed by atoms with van der Waals surface area (Å²) >= 11 is 0. The number of hydrogen-bond donors (Lipinski definition) is 3. The predicted molar refractivity (Wildman–Crippen MR) is 75.1 cm³/mol. The molecule has 0 spiro atoms. The Balaban J connectivity index is 2.79. The zero-order chi connectivity index (χ0) is 15.5. The molecule has 0 heterocycles. The van der Waals surface area contributed by atoms with E-state index in [1.807, 2.05) is 12.3 Å². The fourth-order valence-corrected chi connectivity index (χ4v) is 1.50. The first-order chi connectivity index (χ1) is 9.16. The Morgan fingerprint density at radius 2 is 1.80 bits per heavy atom. The van der Waals surface area contributed by atoms with Gasteiger partial charge in [0.1, 0.15) is 5.69 Å². The maximum Gasteiger partial charge on any atom is 0.251 e. The van der Waals surface area contributed by atoms with Gasteiger partial charge in [0.25, 0.3) is 5.91 Å². The van der Waals surface area contributed by atoms with Crippen LogP contribution in [0.4, 0.5) is 14.5 Å². The van der Waals surface area contributed by atoms with Crippen LogP contribution in [0.5, 0.6) is 0 Å². The number of benzene rings is 1. The van der Waals surface area contributed by atoms with Crippen molar-refractivity contribution < 1.29 is 13.6 Å². The van der Waals surface area contributed by atoms with Crippen molar-refractivity contribution in [2.75, 3.05) is 12.0 Å². The standard InChI is InChI=1S/C14H21F2N3O/c1-8(14(2,3)4)7-18-13(20)9-5-10(15)12(19-17)11(16)6-9/h5-6,8,19H,7,17H2,1-4H3,(H,18,20). The highest BCUT2D eigenvalue weighted by atomic mass is 19.1. The fourth-order valence-electron chi connectivity index (χ4n) is 1.50. The minimum Gasteiger partial charge on any atom is -0.352 e. The van der Waals surface area contributed by atoms with Crippen LogP contribution in [0.1, 0.15) is 38.1 Å². The van der Waals surface area contributed by atoms with Crippen LogP contribution in [0.3, 0.4) is 0 Å². The Kier molecular flexibility index (Phi) is 5.05. The van der Waals surface area contributed by atoms with Gasteiger partial charge in [0.15, 0.2) is 11.6 Å². The van der Waals surface area contributed by atoms with Crippen molar-refractivity contribution in [2.45, 2.75) is 27.7 Å². The van der Waals surface area contributed by atoms with Crippen molar-refractivity contribution in [2.24, 2.45) is 17.2 Å². The summed E-state index contributed by atoms with van der Waals surface area (Å²) in [5, 5.41) is 2.67. The summed E-state index contributed by atoms with van der Waals surface area (Å²) in [5.41, 5.74) is 1.43. The number of anilines is 1. The second-order valence-corrected chi connectivity index (χ2v) is 5.94. The SMILES string of the molecule is CC(CNC(=O)c1cc(F)c(NN)c(F)c1)C(C)(C)C. The molecule has 0 aliphatic rings. The Bertz CT molecular complexity index is 475. The number of hydrogen-bond acceptors (Lipinski definition) is 3. The first-order valence-corrected chi connectivity index (χ1v) is 6.40. The van der Waals surface area contributed by atoms with Gasteiger partial charge in [0, 0.05) is 12.1 Å².